The van der Waals surface area contributed by atoms with Crippen molar-refractivity contribution < 1.29 is 14.0 Å². The van der Waals surface area contributed by atoms with Crippen LogP contribution in [0.2, 0.25) is 0 Å². The van der Waals surface area contributed by atoms with Crippen molar-refractivity contribution in [3.8, 4) is 5.75 Å². The highest BCUT2D eigenvalue weighted by Crippen LogP contribution is 2.32. The lowest BCUT2D eigenvalue weighted by Crippen LogP contribution is -2.04. The van der Waals surface area contributed by atoms with E-state index in [1.807, 2.05) is 30.3 Å². The van der Waals surface area contributed by atoms with Crippen molar-refractivity contribution in [2.75, 3.05) is 6.61 Å². The molecule has 1 saturated heterocycles. The highest BCUT2D eigenvalue weighted by Gasteiger charge is 2.30. The van der Waals surface area contributed by atoms with Crippen LogP contribution in [0, 0.1) is 5.92 Å². The summed E-state index contributed by atoms with van der Waals surface area (Å²) in [5.41, 5.74) is 0. The zero-order chi connectivity index (χ0) is 13.1. The third-order valence-electron chi connectivity index (χ3n) is 3.23. The lowest BCUT2D eigenvalue weighted by Gasteiger charge is -2.07. The Labute approximate surface area is 111 Å². The van der Waals surface area contributed by atoms with Gasteiger partial charge >= 0.3 is 0 Å². The minimum absolute atomic E-state index is 0.0713. The molecular formula is C14H16N2O3. The van der Waals surface area contributed by atoms with E-state index >= 15 is 0 Å². The number of benzene rings is 1. The Balaban J connectivity index is 1.62. The van der Waals surface area contributed by atoms with Crippen LogP contribution in [0.15, 0.2) is 34.9 Å². The van der Waals surface area contributed by atoms with Crippen LogP contribution >= 0.6 is 0 Å². The van der Waals surface area contributed by atoms with Gasteiger partial charge in [-0.2, -0.15) is 4.98 Å². The molecular weight excluding hydrogens is 244 g/mol. The van der Waals surface area contributed by atoms with Gasteiger partial charge in [0.25, 0.3) is 5.89 Å². The van der Waals surface area contributed by atoms with Crippen molar-refractivity contribution in [2.45, 2.75) is 26.1 Å². The number of nitrogens with zero attached hydrogens (tertiary/aromatic N) is 2. The predicted octanol–water partition coefficient (Wildman–Crippen LogP) is 2.75. The molecule has 1 fully saturated rings. The molecule has 0 aliphatic carbocycles. The second kappa shape index (κ2) is 5.40. The topological polar surface area (TPSA) is 57.4 Å². The second-order valence-corrected chi connectivity index (χ2v) is 4.71. The number of ether oxygens (including phenoxy) is 2. The van der Waals surface area contributed by atoms with E-state index in [0.717, 1.165) is 18.8 Å². The van der Waals surface area contributed by atoms with Crippen molar-refractivity contribution in [1.29, 1.82) is 0 Å². The second-order valence-electron chi connectivity index (χ2n) is 4.71. The fourth-order valence-corrected chi connectivity index (χ4v) is 2.12. The predicted molar refractivity (Wildman–Crippen MR) is 67.5 cm³/mol. The summed E-state index contributed by atoms with van der Waals surface area (Å²) in [6, 6.07) is 9.57. The van der Waals surface area contributed by atoms with Crippen LogP contribution in [-0.4, -0.2) is 16.7 Å². The van der Waals surface area contributed by atoms with Gasteiger partial charge in [0.15, 0.2) is 6.61 Å². The summed E-state index contributed by atoms with van der Waals surface area (Å²) < 4.78 is 16.4. The van der Waals surface area contributed by atoms with Gasteiger partial charge in [0.05, 0.1) is 0 Å². The summed E-state index contributed by atoms with van der Waals surface area (Å²) in [5.74, 6) is 2.31. The maximum atomic E-state index is 5.59. The molecule has 0 spiro atoms. The molecule has 5 heteroatoms. The highest BCUT2D eigenvalue weighted by molar-refractivity contribution is 5.20. The fourth-order valence-electron chi connectivity index (χ4n) is 2.12. The Morgan fingerprint density at radius 2 is 2.16 bits per heavy atom. The molecule has 0 unspecified atom stereocenters. The zero-order valence-corrected chi connectivity index (χ0v) is 10.8. The highest BCUT2D eigenvalue weighted by atomic mass is 16.5. The van der Waals surface area contributed by atoms with E-state index in [0.29, 0.717) is 24.2 Å². The molecule has 19 heavy (non-hydrogen) atoms. The van der Waals surface area contributed by atoms with Crippen molar-refractivity contribution >= 4 is 0 Å². The van der Waals surface area contributed by atoms with E-state index in [9.17, 15) is 0 Å². The van der Waals surface area contributed by atoms with Crippen LogP contribution in [0.3, 0.4) is 0 Å². The van der Waals surface area contributed by atoms with Gasteiger partial charge in [0.1, 0.15) is 11.9 Å². The van der Waals surface area contributed by atoms with Crippen LogP contribution in [0.5, 0.6) is 5.75 Å². The van der Waals surface area contributed by atoms with Gasteiger partial charge in [-0.05, 0) is 24.5 Å². The monoisotopic (exact) mass is 260 g/mol. The molecule has 2 heterocycles. The van der Waals surface area contributed by atoms with Gasteiger partial charge in [-0.15, -0.1) is 0 Å². The first-order chi connectivity index (χ1) is 9.33. The quantitative estimate of drug-likeness (QED) is 0.846. The van der Waals surface area contributed by atoms with Crippen LogP contribution in [-0.2, 0) is 11.3 Å². The lowest BCUT2D eigenvalue weighted by molar-refractivity contribution is 0.0661. The molecule has 0 bridgehead atoms. The molecule has 0 amide bonds. The summed E-state index contributed by atoms with van der Waals surface area (Å²) >= 11 is 0. The van der Waals surface area contributed by atoms with Gasteiger partial charge in [-0.1, -0.05) is 30.3 Å². The Hall–Kier alpha value is -1.88. The smallest absolute Gasteiger partial charge is 0.256 e. The number of para-hydroxylation sites is 1. The van der Waals surface area contributed by atoms with Gasteiger partial charge in [0.2, 0.25) is 5.82 Å². The summed E-state index contributed by atoms with van der Waals surface area (Å²) in [6.45, 7) is 3.18. The SMILES string of the molecule is C[C@@H]1CCO[C@@H]1c1nc(COc2ccccc2)no1. The minimum atomic E-state index is -0.0713. The normalized spacial score (nSPS) is 22.6. The number of hydrogen-bond acceptors (Lipinski definition) is 5. The van der Waals surface area contributed by atoms with Crippen LogP contribution in [0.25, 0.3) is 0 Å². The van der Waals surface area contributed by atoms with Crippen molar-refractivity contribution in [1.82, 2.24) is 10.1 Å². The van der Waals surface area contributed by atoms with E-state index in [4.69, 9.17) is 14.0 Å². The van der Waals surface area contributed by atoms with E-state index < -0.39 is 0 Å². The molecule has 0 saturated carbocycles. The maximum Gasteiger partial charge on any atom is 0.256 e. The molecule has 2 aromatic rings. The average molecular weight is 260 g/mol. The number of rotatable bonds is 4. The van der Waals surface area contributed by atoms with Crippen LogP contribution in [0.1, 0.15) is 31.2 Å². The zero-order valence-electron chi connectivity index (χ0n) is 10.8. The summed E-state index contributed by atoms with van der Waals surface area (Å²) in [6.07, 6.45) is 0.959. The van der Waals surface area contributed by atoms with Gasteiger partial charge in [-0.25, -0.2) is 0 Å². The molecule has 100 valence electrons. The van der Waals surface area contributed by atoms with E-state index in [1.54, 1.807) is 0 Å². The maximum absolute atomic E-state index is 5.59. The number of hydrogen-bond donors (Lipinski definition) is 0. The van der Waals surface area contributed by atoms with Crippen molar-refractivity contribution in [3.05, 3.63) is 42.0 Å². The third-order valence-corrected chi connectivity index (χ3v) is 3.23. The molecule has 1 aliphatic rings. The summed E-state index contributed by atoms with van der Waals surface area (Å²) in [4.78, 5) is 4.33. The fraction of sp³-hybridized carbons (Fsp3) is 0.429. The largest absolute Gasteiger partial charge is 0.485 e. The van der Waals surface area contributed by atoms with Gasteiger partial charge in [-0.3, -0.25) is 0 Å². The Kier molecular flexibility index (Phi) is 3.46. The average Bonchev–Trinajstić information content (AvgIpc) is 3.06. The first-order valence-corrected chi connectivity index (χ1v) is 6.45. The van der Waals surface area contributed by atoms with E-state index in [1.165, 1.54) is 0 Å². The van der Waals surface area contributed by atoms with Crippen molar-refractivity contribution in [2.24, 2.45) is 5.92 Å². The Bertz CT molecular complexity index is 526. The molecule has 1 aliphatic heterocycles. The molecule has 3 rings (SSSR count). The Morgan fingerprint density at radius 1 is 1.32 bits per heavy atom. The first kappa shape index (κ1) is 12.2. The Morgan fingerprint density at radius 3 is 2.89 bits per heavy atom. The van der Waals surface area contributed by atoms with Gasteiger partial charge in [0, 0.05) is 6.61 Å². The molecule has 0 radical (unpaired) electrons. The summed E-state index contributed by atoms with van der Waals surface area (Å²) in [7, 11) is 0. The molecule has 1 aromatic heterocycles. The lowest BCUT2D eigenvalue weighted by atomic mass is 10.0. The van der Waals surface area contributed by atoms with Crippen LogP contribution in [0.4, 0.5) is 0 Å². The molecule has 2 atom stereocenters. The van der Waals surface area contributed by atoms with Crippen LogP contribution < -0.4 is 4.74 Å². The van der Waals surface area contributed by atoms with Crippen molar-refractivity contribution in [3.63, 3.8) is 0 Å². The minimum Gasteiger partial charge on any atom is -0.485 e. The molecule has 5 nitrogen and oxygen atoms in total. The molecule has 1 aromatic carbocycles. The standard InChI is InChI=1S/C14H16N2O3/c1-10-7-8-17-13(10)14-15-12(16-19-14)9-18-11-5-3-2-4-6-11/h2-6,10,13H,7-9H2,1H3/t10-,13+/m1/s1. The third kappa shape index (κ3) is 2.76. The van der Waals surface area contributed by atoms with E-state index in [2.05, 4.69) is 17.1 Å². The first-order valence-electron chi connectivity index (χ1n) is 6.45. The van der Waals surface area contributed by atoms with Gasteiger partial charge < -0.3 is 14.0 Å². The number of aromatic nitrogens is 2. The summed E-state index contributed by atoms with van der Waals surface area (Å²) in [5, 5.41) is 3.92. The van der Waals surface area contributed by atoms with E-state index in [-0.39, 0.29) is 6.10 Å². The molecule has 0 N–H and O–H groups in total.